The summed E-state index contributed by atoms with van der Waals surface area (Å²) in [5.41, 5.74) is 10.2. The quantitative estimate of drug-likeness (QED) is 0.514. The fraction of sp³-hybridized carbons (Fsp3) is 0. The molecule has 20 heavy (non-hydrogen) atoms. The normalized spacial score (nSPS) is 10.1. The molecule has 100 valence electrons. The third kappa shape index (κ3) is 2.25. The first-order valence-corrected chi connectivity index (χ1v) is 5.43. The van der Waals surface area contributed by atoms with E-state index in [0.29, 0.717) is 0 Å². The number of halogens is 1. The smallest absolute Gasteiger partial charge is 0.423 e. The van der Waals surface area contributed by atoms with E-state index < -0.39 is 12.9 Å². The van der Waals surface area contributed by atoms with E-state index in [9.17, 15) is 14.4 Å². The van der Waals surface area contributed by atoms with Crippen molar-refractivity contribution in [3.05, 3.63) is 29.6 Å². The fourth-order valence-electron chi connectivity index (χ4n) is 1.79. The van der Waals surface area contributed by atoms with Crippen LogP contribution in [0.2, 0.25) is 0 Å². The largest absolute Gasteiger partial charge is 0.489 e. The van der Waals surface area contributed by atoms with E-state index in [0.717, 1.165) is 6.07 Å². The second-order valence-corrected chi connectivity index (χ2v) is 3.88. The number of hydrogen-bond acceptors (Lipinski definition) is 7. The van der Waals surface area contributed by atoms with Gasteiger partial charge < -0.3 is 21.5 Å². The van der Waals surface area contributed by atoms with E-state index in [1.807, 2.05) is 0 Å². The summed E-state index contributed by atoms with van der Waals surface area (Å²) < 4.78 is 14.0. The molecule has 2 rings (SSSR count). The fourth-order valence-corrected chi connectivity index (χ4v) is 1.79. The zero-order valence-electron chi connectivity index (χ0n) is 10.1. The van der Waals surface area contributed by atoms with Crippen molar-refractivity contribution in [3.63, 3.8) is 0 Å². The molecule has 0 atom stereocenters. The maximum absolute atomic E-state index is 14.0. The number of rotatable bonds is 2. The first kappa shape index (κ1) is 13.7. The number of nitriles is 1. The summed E-state index contributed by atoms with van der Waals surface area (Å²) in [6, 6.07) is 5.43. The van der Waals surface area contributed by atoms with Gasteiger partial charge in [-0.05, 0) is 11.5 Å². The van der Waals surface area contributed by atoms with Gasteiger partial charge in [0.2, 0.25) is 5.95 Å². The average Bonchev–Trinajstić information content (AvgIpc) is 2.37. The maximum atomic E-state index is 14.0. The monoisotopic (exact) mass is 273 g/mol. The van der Waals surface area contributed by atoms with Crippen LogP contribution >= 0.6 is 0 Å². The standard InChI is InChI=1S/C11H9BFN5O2/c13-7-3-1-2-6(12(19)20)8(7)9-5(4-14)10(15)18-11(16)17-9/h1-3,19-20H,(H4,15,16,17,18). The number of nitrogen functional groups attached to an aromatic ring is 2. The Morgan fingerprint density at radius 1 is 1.25 bits per heavy atom. The molecule has 0 saturated carbocycles. The molecule has 0 unspecified atom stereocenters. The third-order valence-electron chi connectivity index (χ3n) is 2.63. The van der Waals surface area contributed by atoms with E-state index in [1.54, 1.807) is 6.07 Å². The zero-order valence-corrected chi connectivity index (χ0v) is 10.1. The second kappa shape index (κ2) is 5.12. The van der Waals surface area contributed by atoms with Crippen molar-refractivity contribution in [1.82, 2.24) is 9.97 Å². The number of nitrogens with two attached hydrogens (primary N) is 2. The minimum atomic E-state index is -1.94. The molecule has 0 amide bonds. The van der Waals surface area contributed by atoms with Gasteiger partial charge in [-0.3, -0.25) is 0 Å². The van der Waals surface area contributed by atoms with Crippen LogP contribution in [0.3, 0.4) is 0 Å². The molecule has 0 aliphatic rings. The Morgan fingerprint density at radius 3 is 2.55 bits per heavy atom. The summed E-state index contributed by atoms with van der Waals surface area (Å²) >= 11 is 0. The Kier molecular flexibility index (Phi) is 3.52. The molecular weight excluding hydrogens is 264 g/mol. The molecular formula is C11H9BFN5O2. The maximum Gasteiger partial charge on any atom is 0.489 e. The van der Waals surface area contributed by atoms with Crippen LogP contribution in [0.1, 0.15) is 5.56 Å². The molecule has 6 N–H and O–H groups in total. The van der Waals surface area contributed by atoms with Crippen molar-refractivity contribution in [2.45, 2.75) is 0 Å². The lowest BCUT2D eigenvalue weighted by Gasteiger charge is -2.12. The molecule has 0 saturated heterocycles. The van der Waals surface area contributed by atoms with Crippen molar-refractivity contribution in [1.29, 1.82) is 5.26 Å². The molecule has 1 aromatic heterocycles. The lowest BCUT2D eigenvalue weighted by Crippen LogP contribution is -2.32. The minimum Gasteiger partial charge on any atom is -0.423 e. The predicted octanol–water partition coefficient (Wildman–Crippen LogP) is -1.00. The third-order valence-corrected chi connectivity index (χ3v) is 2.63. The highest BCUT2D eigenvalue weighted by Gasteiger charge is 2.24. The van der Waals surface area contributed by atoms with Gasteiger partial charge in [0, 0.05) is 5.56 Å². The van der Waals surface area contributed by atoms with Crippen LogP contribution in [0.4, 0.5) is 16.2 Å². The molecule has 0 fully saturated rings. The van der Waals surface area contributed by atoms with Gasteiger partial charge in [0.25, 0.3) is 0 Å². The summed E-state index contributed by atoms with van der Waals surface area (Å²) in [5, 5.41) is 27.7. The first-order chi connectivity index (χ1) is 9.45. The lowest BCUT2D eigenvalue weighted by molar-refractivity contribution is 0.425. The summed E-state index contributed by atoms with van der Waals surface area (Å²) in [6.45, 7) is 0. The molecule has 1 heterocycles. The topological polar surface area (TPSA) is 142 Å². The van der Waals surface area contributed by atoms with Crippen LogP contribution in [0.25, 0.3) is 11.3 Å². The van der Waals surface area contributed by atoms with E-state index in [1.165, 1.54) is 12.1 Å². The molecule has 0 radical (unpaired) electrons. The van der Waals surface area contributed by atoms with Gasteiger partial charge in [-0.1, -0.05) is 12.1 Å². The molecule has 0 aliphatic heterocycles. The molecule has 7 nitrogen and oxygen atoms in total. The average molecular weight is 273 g/mol. The molecule has 0 aliphatic carbocycles. The Morgan fingerprint density at radius 2 is 1.95 bits per heavy atom. The van der Waals surface area contributed by atoms with E-state index >= 15 is 0 Å². The second-order valence-electron chi connectivity index (χ2n) is 3.88. The Balaban J connectivity index is 2.85. The van der Waals surface area contributed by atoms with Crippen LogP contribution < -0.4 is 16.9 Å². The summed E-state index contributed by atoms with van der Waals surface area (Å²) in [4.78, 5) is 7.39. The number of anilines is 2. The number of nitrogens with zero attached hydrogens (tertiary/aromatic N) is 3. The highest BCUT2D eigenvalue weighted by atomic mass is 19.1. The SMILES string of the molecule is N#Cc1c(N)nc(N)nc1-c1c(F)cccc1B(O)O. The van der Waals surface area contributed by atoms with Crippen molar-refractivity contribution in [3.8, 4) is 17.3 Å². The highest BCUT2D eigenvalue weighted by molar-refractivity contribution is 6.60. The van der Waals surface area contributed by atoms with Gasteiger partial charge in [0.05, 0.1) is 5.69 Å². The molecule has 2 aromatic rings. The predicted molar refractivity (Wildman–Crippen MR) is 70.8 cm³/mol. The van der Waals surface area contributed by atoms with Gasteiger partial charge in [-0.2, -0.15) is 10.2 Å². The van der Waals surface area contributed by atoms with Crippen LogP contribution in [0.5, 0.6) is 0 Å². The van der Waals surface area contributed by atoms with E-state index in [-0.39, 0.29) is 34.0 Å². The number of benzene rings is 1. The van der Waals surface area contributed by atoms with Crippen LogP contribution in [-0.4, -0.2) is 27.1 Å². The molecule has 9 heteroatoms. The Labute approximate surface area is 113 Å². The van der Waals surface area contributed by atoms with Crippen LogP contribution in [-0.2, 0) is 0 Å². The van der Waals surface area contributed by atoms with Gasteiger partial charge in [0.1, 0.15) is 23.3 Å². The summed E-state index contributed by atoms with van der Waals surface area (Å²) in [6.07, 6.45) is 0. The van der Waals surface area contributed by atoms with E-state index in [2.05, 4.69) is 9.97 Å². The zero-order chi connectivity index (χ0) is 14.9. The van der Waals surface area contributed by atoms with E-state index in [4.69, 9.17) is 16.7 Å². The first-order valence-electron chi connectivity index (χ1n) is 5.43. The Hall–Kier alpha value is -2.70. The molecule has 1 aromatic carbocycles. The van der Waals surface area contributed by atoms with Gasteiger partial charge >= 0.3 is 7.12 Å². The van der Waals surface area contributed by atoms with Crippen LogP contribution in [0.15, 0.2) is 18.2 Å². The van der Waals surface area contributed by atoms with Crippen molar-refractivity contribution >= 4 is 24.3 Å². The summed E-state index contributed by atoms with van der Waals surface area (Å²) in [7, 11) is -1.94. The molecule has 0 spiro atoms. The van der Waals surface area contributed by atoms with Crippen molar-refractivity contribution in [2.75, 3.05) is 11.5 Å². The molecule has 0 bridgehead atoms. The highest BCUT2D eigenvalue weighted by Crippen LogP contribution is 2.26. The van der Waals surface area contributed by atoms with Crippen molar-refractivity contribution in [2.24, 2.45) is 0 Å². The lowest BCUT2D eigenvalue weighted by atomic mass is 9.75. The van der Waals surface area contributed by atoms with Gasteiger partial charge in [-0.25, -0.2) is 9.37 Å². The Bertz CT molecular complexity index is 717. The summed E-state index contributed by atoms with van der Waals surface area (Å²) in [5.74, 6) is -1.25. The number of aromatic nitrogens is 2. The van der Waals surface area contributed by atoms with Gasteiger partial charge in [0.15, 0.2) is 0 Å². The number of hydrogen-bond donors (Lipinski definition) is 4. The van der Waals surface area contributed by atoms with Gasteiger partial charge in [-0.15, -0.1) is 0 Å². The minimum absolute atomic E-state index is 0.154. The van der Waals surface area contributed by atoms with Crippen molar-refractivity contribution < 1.29 is 14.4 Å². The van der Waals surface area contributed by atoms with Crippen LogP contribution in [0, 0.1) is 17.1 Å².